The van der Waals surface area contributed by atoms with Crippen molar-refractivity contribution in [2.24, 2.45) is 0 Å². The highest BCUT2D eigenvalue weighted by atomic mass is 16.5. The summed E-state index contributed by atoms with van der Waals surface area (Å²) in [7, 11) is 1.63. The molecule has 1 aromatic carbocycles. The Balaban J connectivity index is 2.34. The zero-order valence-corrected chi connectivity index (χ0v) is 11.4. The van der Waals surface area contributed by atoms with Crippen molar-refractivity contribution in [2.45, 2.75) is 19.9 Å². The van der Waals surface area contributed by atoms with Gasteiger partial charge >= 0.3 is 6.03 Å². The van der Waals surface area contributed by atoms with Gasteiger partial charge in [-0.3, -0.25) is 0 Å². The molecule has 5 nitrogen and oxygen atoms in total. The van der Waals surface area contributed by atoms with Crippen LogP contribution in [0.15, 0.2) is 12.1 Å². The highest BCUT2D eigenvalue weighted by Gasteiger charge is 2.32. The van der Waals surface area contributed by atoms with Crippen LogP contribution in [0.25, 0.3) is 0 Å². The number of carbonyl (C=O) groups excluding carboxylic acids is 1. The number of ether oxygens (including phenoxy) is 1. The van der Waals surface area contributed by atoms with Gasteiger partial charge in [-0.05, 0) is 31.0 Å². The predicted molar refractivity (Wildman–Crippen MR) is 70.9 cm³/mol. The van der Waals surface area contributed by atoms with E-state index in [9.17, 15) is 4.79 Å². The van der Waals surface area contributed by atoms with Crippen LogP contribution in [0.3, 0.4) is 0 Å². The van der Waals surface area contributed by atoms with Crippen molar-refractivity contribution in [3.8, 4) is 11.8 Å². The SMILES string of the molecule is COc1cc(C)cc(C)c1C1CN(CC#N)C(=O)N1. The molecular formula is C14H17N3O2. The maximum atomic E-state index is 11.7. The van der Waals surface area contributed by atoms with Gasteiger partial charge in [-0.2, -0.15) is 5.26 Å². The lowest BCUT2D eigenvalue weighted by molar-refractivity contribution is 0.222. The maximum absolute atomic E-state index is 11.7. The van der Waals surface area contributed by atoms with Crippen molar-refractivity contribution in [1.82, 2.24) is 10.2 Å². The van der Waals surface area contributed by atoms with Crippen LogP contribution in [0.2, 0.25) is 0 Å². The second-order valence-electron chi connectivity index (χ2n) is 4.74. The first kappa shape index (κ1) is 13.2. The van der Waals surface area contributed by atoms with Gasteiger partial charge in [0.05, 0.1) is 19.2 Å². The van der Waals surface area contributed by atoms with Gasteiger partial charge in [0.1, 0.15) is 12.3 Å². The van der Waals surface area contributed by atoms with Crippen LogP contribution < -0.4 is 10.1 Å². The van der Waals surface area contributed by atoms with Gasteiger partial charge in [0, 0.05) is 12.1 Å². The second kappa shape index (κ2) is 5.19. The molecule has 1 saturated heterocycles. The summed E-state index contributed by atoms with van der Waals surface area (Å²) in [6.45, 7) is 4.61. The van der Waals surface area contributed by atoms with Gasteiger partial charge in [-0.15, -0.1) is 0 Å². The number of nitrogens with one attached hydrogen (secondary N) is 1. The van der Waals surface area contributed by atoms with Crippen molar-refractivity contribution in [3.63, 3.8) is 0 Å². The van der Waals surface area contributed by atoms with E-state index in [1.807, 2.05) is 26.0 Å². The van der Waals surface area contributed by atoms with Gasteiger partial charge in [-0.1, -0.05) is 6.07 Å². The first-order chi connectivity index (χ1) is 9.06. The van der Waals surface area contributed by atoms with Crippen LogP contribution >= 0.6 is 0 Å². The number of aryl methyl sites for hydroxylation is 2. The lowest BCUT2D eigenvalue weighted by Gasteiger charge is -2.18. The Kier molecular flexibility index (Phi) is 3.61. The van der Waals surface area contributed by atoms with Crippen LogP contribution in [0.4, 0.5) is 4.79 Å². The third-order valence-electron chi connectivity index (χ3n) is 3.31. The molecule has 1 aromatic rings. The molecule has 1 N–H and O–H groups in total. The molecule has 0 saturated carbocycles. The molecule has 0 spiro atoms. The number of hydrogen-bond donors (Lipinski definition) is 1. The minimum absolute atomic E-state index is 0.107. The number of nitrogens with zero attached hydrogens (tertiary/aromatic N) is 2. The van der Waals surface area contributed by atoms with Gasteiger partial charge in [0.25, 0.3) is 0 Å². The van der Waals surface area contributed by atoms with Gasteiger partial charge in [0.2, 0.25) is 0 Å². The summed E-state index contributed by atoms with van der Waals surface area (Å²) in [5.41, 5.74) is 3.19. The Hall–Kier alpha value is -2.22. The molecule has 2 amide bonds. The van der Waals surface area contributed by atoms with E-state index in [1.165, 1.54) is 4.90 Å². The number of amides is 2. The molecule has 1 unspecified atom stereocenters. The highest BCUT2D eigenvalue weighted by molar-refractivity contribution is 5.78. The maximum Gasteiger partial charge on any atom is 0.318 e. The Labute approximate surface area is 112 Å². The van der Waals surface area contributed by atoms with Gasteiger partial charge < -0.3 is 15.0 Å². The third-order valence-corrected chi connectivity index (χ3v) is 3.31. The van der Waals surface area contributed by atoms with Crippen LogP contribution in [-0.4, -0.2) is 31.1 Å². The Morgan fingerprint density at radius 2 is 2.26 bits per heavy atom. The van der Waals surface area contributed by atoms with E-state index in [2.05, 4.69) is 11.4 Å². The largest absolute Gasteiger partial charge is 0.496 e. The van der Waals surface area contributed by atoms with Crippen LogP contribution in [0.5, 0.6) is 5.75 Å². The minimum atomic E-state index is -0.200. The molecule has 1 fully saturated rings. The predicted octanol–water partition coefficient (Wildman–Crippen LogP) is 1.90. The van der Waals surface area contributed by atoms with E-state index >= 15 is 0 Å². The smallest absolute Gasteiger partial charge is 0.318 e. The Morgan fingerprint density at radius 3 is 2.89 bits per heavy atom. The van der Waals surface area contributed by atoms with Crippen molar-refractivity contribution in [1.29, 1.82) is 5.26 Å². The Bertz CT molecular complexity index is 548. The zero-order chi connectivity index (χ0) is 14.0. The molecule has 100 valence electrons. The molecule has 1 aliphatic heterocycles. The molecule has 5 heteroatoms. The summed E-state index contributed by atoms with van der Waals surface area (Å²) >= 11 is 0. The number of urea groups is 1. The quantitative estimate of drug-likeness (QED) is 0.843. The number of rotatable bonds is 3. The van der Waals surface area contributed by atoms with Crippen LogP contribution in [0.1, 0.15) is 22.7 Å². The Morgan fingerprint density at radius 1 is 1.53 bits per heavy atom. The summed E-state index contributed by atoms with van der Waals surface area (Å²) < 4.78 is 5.42. The van der Waals surface area contributed by atoms with Gasteiger partial charge in [0.15, 0.2) is 0 Å². The summed E-state index contributed by atoms with van der Waals surface area (Å²) in [6.07, 6.45) is 0. The first-order valence-electron chi connectivity index (χ1n) is 6.14. The summed E-state index contributed by atoms with van der Waals surface area (Å²) in [5.74, 6) is 0.779. The van der Waals surface area contributed by atoms with E-state index in [0.29, 0.717) is 6.54 Å². The minimum Gasteiger partial charge on any atom is -0.496 e. The van der Waals surface area contributed by atoms with Gasteiger partial charge in [-0.25, -0.2) is 4.79 Å². The molecule has 19 heavy (non-hydrogen) atoms. The number of benzene rings is 1. The lowest BCUT2D eigenvalue weighted by Crippen LogP contribution is -2.28. The highest BCUT2D eigenvalue weighted by Crippen LogP contribution is 2.32. The van der Waals surface area contributed by atoms with Crippen LogP contribution in [0, 0.1) is 25.2 Å². The normalized spacial score (nSPS) is 18.1. The average Bonchev–Trinajstić information content (AvgIpc) is 2.70. The molecular weight excluding hydrogens is 242 g/mol. The molecule has 0 aliphatic carbocycles. The molecule has 0 radical (unpaired) electrons. The fraction of sp³-hybridized carbons (Fsp3) is 0.429. The third kappa shape index (κ3) is 2.48. The molecule has 1 atom stereocenters. The number of methoxy groups -OCH3 is 1. The number of nitriles is 1. The second-order valence-corrected chi connectivity index (χ2v) is 4.74. The van der Waals surface area contributed by atoms with E-state index in [1.54, 1.807) is 7.11 Å². The van der Waals surface area contributed by atoms with Crippen molar-refractivity contribution >= 4 is 6.03 Å². The molecule has 0 bridgehead atoms. The van der Waals surface area contributed by atoms with E-state index < -0.39 is 0 Å². The lowest BCUT2D eigenvalue weighted by atomic mass is 9.98. The van der Waals surface area contributed by atoms with Crippen LogP contribution in [-0.2, 0) is 0 Å². The van der Waals surface area contributed by atoms with E-state index in [4.69, 9.17) is 10.00 Å². The molecule has 1 heterocycles. The molecule has 1 aliphatic rings. The number of hydrogen-bond acceptors (Lipinski definition) is 3. The summed E-state index contributed by atoms with van der Waals surface area (Å²) in [5, 5.41) is 11.6. The molecule has 2 rings (SSSR count). The summed E-state index contributed by atoms with van der Waals surface area (Å²) in [6, 6.07) is 5.70. The van der Waals surface area contributed by atoms with Crippen molar-refractivity contribution < 1.29 is 9.53 Å². The van der Waals surface area contributed by atoms with Crippen molar-refractivity contribution in [2.75, 3.05) is 20.2 Å². The zero-order valence-electron chi connectivity index (χ0n) is 11.4. The van der Waals surface area contributed by atoms with E-state index in [0.717, 1.165) is 22.4 Å². The topological polar surface area (TPSA) is 65.4 Å². The first-order valence-corrected chi connectivity index (χ1v) is 6.14. The number of carbonyl (C=O) groups is 1. The fourth-order valence-electron chi connectivity index (χ4n) is 2.53. The monoisotopic (exact) mass is 259 g/mol. The van der Waals surface area contributed by atoms with Crippen molar-refractivity contribution in [3.05, 3.63) is 28.8 Å². The fourth-order valence-corrected chi connectivity index (χ4v) is 2.53. The average molecular weight is 259 g/mol. The summed E-state index contributed by atoms with van der Waals surface area (Å²) in [4.78, 5) is 13.3. The van der Waals surface area contributed by atoms with E-state index in [-0.39, 0.29) is 18.6 Å². The molecule has 0 aromatic heterocycles. The standard InChI is InChI=1S/C14H17N3O2/c1-9-6-10(2)13(12(7-9)19-3)11-8-17(5-4-15)14(18)16-11/h6-7,11H,5,8H2,1-3H3,(H,16,18).